The zero-order valence-electron chi connectivity index (χ0n) is 16.8. The Morgan fingerprint density at radius 1 is 1.19 bits per heavy atom. The van der Waals surface area contributed by atoms with Crippen molar-refractivity contribution in [3.8, 4) is 0 Å². The first-order valence-corrected chi connectivity index (χ1v) is 9.86. The van der Waals surface area contributed by atoms with E-state index in [1.807, 2.05) is 31.1 Å². The molecule has 146 valence electrons. The molecule has 2 N–H and O–H groups in total. The van der Waals surface area contributed by atoms with Crippen LogP contribution in [0.5, 0.6) is 0 Å². The maximum absolute atomic E-state index is 12.3. The fourth-order valence-corrected chi connectivity index (χ4v) is 3.62. The summed E-state index contributed by atoms with van der Waals surface area (Å²) in [6, 6.07) is 4.18. The molecule has 2 rings (SSSR count). The zero-order valence-corrected chi connectivity index (χ0v) is 16.8. The number of hydrogen-bond donors (Lipinski definition) is 2. The van der Waals surface area contributed by atoms with Crippen molar-refractivity contribution in [1.29, 1.82) is 0 Å². The fraction of sp³-hybridized carbons (Fsp3) is 0.700. The molecule has 0 spiro atoms. The van der Waals surface area contributed by atoms with E-state index in [2.05, 4.69) is 34.4 Å². The van der Waals surface area contributed by atoms with E-state index in [0.29, 0.717) is 25.0 Å². The number of carbonyl (C=O) groups excluding carboxylic acids is 1. The Hall–Kier alpha value is -1.82. The van der Waals surface area contributed by atoms with Gasteiger partial charge in [0.2, 0.25) is 0 Å². The molecule has 1 aromatic rings. The van der Waals surface area contributed by atoms with Crippen LogP contribution in [0.25, 0.3) is 0 Å². The molecule has 0 saturated carbocycles. The summed E-state index contributed by atoms with van der Waals surface area (Å²) < 4.78 is 0. The van der Waals surface area contributed by atoms with Crippen LogP contribution in [-0.4, -0.2) is 55.7 Å². The molecule has 2 heterocycles. The second kappa shape index (κ2) is 10.4. The van der Waals surface area contributed by atoms with E-state index >= 15 is 0 Å². The quantitative estimate of drug-likeness (QED) is 0.784. The van der Waals surface area contributed by atoms with E-state index in [9.17, 15) is 4.79 Å². The molecule has 26 heavy (non-hydrogen) atoms. The number of rotatable bonds is 7. The third-order valence-corrected chi connectivity index (χ3v) is 5.08. The van der Waals surface area contributed by atoms with Gasteiger partial charge >= 0.3 is 6.03 Å². The summed E-state index contributed by atoms with van der Waals surface area (Å²) in [4.78, 5) is 21.2. The number of nitrogens with one attached hydrogen (secondary N) is 2. The molecule has 1 fully saturated rings. The topological polar surface area (TPSA) is 60.5 Å². The second-order valence-corrected chi connectivity index (χ2v) is 7.71. The molecule has 1 aliphatic heterocycles. The van der Waals surface area contributed by atoms with Crippen molar-refractivity contribution in [3.63, 3.8) is 0 Å². The third-order valence-electron chi connectivity index (χ3n) is 5.08. The van der Waals surface area contributed by atoms with Crippen molar-refractivity contribution in [2.24, 2.45) is 5.92 Å². The SMILES string of the molecule is CC(C)C(CNC(=O)NCc1cccnc1N(C)C)N1CCCCCC1. The Kier molecular flexibility index (Phi) is 8.16. The normalized spacial score (nSPS) is 16.8. The number of amides is 2. The molecule has 0 radical (unpaired) electrons. The molecular weight excluding hydrogens is 326 g/mol. The third kappa shape index (κ3) is 6.16. The molecule has 1 aromatic heterocycles. The van der Waals surface area contributed by atoms with Crippen molar-refractivity contribution < 1.29 is 4.79 Å². The van der Waals surface area contributed by atoms with E-state index in [4.69, 9.17) is 0 Å². The molecule has 6 nitrogen and oxygen atoms in total. The van der Waals surface area contributed by atoms with Gasteiger partial charge in [0, 0.05) is 45.0 Å². The lowest BCUT2D eigenvalue weighted by atomic mass is 10.0. The van der Waals surface area contributed by atoms with Crippen molar-refractivity contribution in [3.05, 3.63) is 23.9 Å². The zero-order chi connectivity index (χ0) is 18.9. The minimum absolute atomic E-state index is 0.112. The minimum atomic E-state index is -0.112. The van der Waals surface area contributed by atoms with Crippen LogP contribution < -0.4 is 15.5 Å². The van der Waals surface area contributed by atoms with E-state index in [1.165, 1.54) is 25.7 Å². The van der Waals surface area contributed by atoms with Crippen LogP contribution in [0, 0.1) is 5.92 Å². The van der Waals surface area contributed by atoms with Crippen molar-refractivity contribution >= 4 is 11.8 Å². The van der Waals surface area contributed by atoms with Gasteiger partial charge in [-0.15, -0.1) is 0 Å². The highest BCUT2D eigenvalue weighted by Gasteiger charge is 2.23. The van der Waals surface area contributed by atoms with Gasteiger partial charge in [0.1, 0.15) is 5.82 Å². The molecule has 1 aliphatic rings. The van der Waals surface area contributed by atoms with Gasteiger partial charge in [0.05, 0.1) is 0 Å². The lowest BCUT2D eigenvalue weighted by molar-refractivity contribution is 0.157. The number of nitrogens with zero attached hydrogens (tertiary/aromatic N) is 3. The molecule has 1 atom stereocenters. The second-order valence-electron chi connectivity index (χ2n) is 7.71. The largest absolute Gasteiger partial charge is 0.362 e. The molecule has 2 amide bonds. The number of pyridine rings is 1. The Balaban J connectivity index is 1.84. The first-order chi connectivity index (χ1) is 12.5. The van der Waals surface area contributed by atoms with Crippen molar-refractivity contribution in [2.45, 2.75) is 52.1 Å². The molecule has 1 unspecified atom stereocenters. The molecule has 0 bridgehead atoms. The maximum Gasteiger partial charge on any atom is 0.315 e. The van der Waals surface area contributed by atoms with Gasteiger partial charge in [-0.2, -0.15) is 0 Å². The van der Waals surface area contributed by atoms with Crippen LogP contribution >= 0.6 is 0 Å². The molecule has 6 heteroatoms. The molecule has 0 aromatic carbocycles. The fourth-order valence-electron chi connectivity index (χ4n) is 3.62. The number of hydrogen-bond acceptors (Lipinski definition) is 4. The van der Waals surface area contributed by atoms with Gasteiger partial charge in [-0.1, -0.05) is 32.8 Å². The van der Waals surface area contributed by atoms with Crippen LogP contribution in [0.1, 0.15) is 45.1 Å². The first-order valence-electron chi connectivity index (χ1n) is 9.86. The number of urea groups is 1. The predicted molar refractivity (Wildman–Crippen MR) is 107 cm³/mol. The smallest absolute Gasteiger partial charge is 0.315 e. The summed E-state index contributed by atoms with van der Waals surface area (Å²) in [6.45, 7) is 7.95. The number of likely N-dealkylation sites (tertiary alicyclic amines) is 1. The van der Waals surface area contributed by atoms with Crippen LogP contribution in [0.3, 0.4) is 0 Å². The predicted octanol–water partition coefficient (Wildman–Crippen LogP) is 2.85. The summed E-state index contributed by atoms with van der Waals surface area (Å²) in [6.07, 6.45) is 6.96. The minimum Gasteiger partial charge on any atom is -0.362 e. The monoisotopic (exact) mass is 361 g/mol. The van der Waals surface area contributed by atoms with Crippen molar-refractivity contribution in [2.75, 3.05) is 38.6 Å². The number of anilines is 1. The summed E-state index contributed by atoms with van der Waals surface area (Å²) in [5.41, 5.74) is 1.01. The lowest BCUT2D eigenvalue weighted by Crippen LogP contribution is -2.49. The van der Waals surface area contributed by atoms with Crippen LogP contribution in [0.15, 0.2) is 18.3 Å². The van der Waals surface area contributed by atoms with Gasteiger partial charge < -0.3 is 15.5 Å². The van der Waals surface area contributed by atoms with E-state index in [1.54, 1.807) is 6.20 Å². The summed E-state index contributed by atoms with van der Waals surface area (Å²) in [5.74, 6) is 1.41. The Labute approximate surface area is 158 Å². The van der Waals surface area contributed by atoms with E-state index < -0.39 is 0 Å². The Morgan fingerprint density at radius 2 is 1.88 bits per heavy atom. The lowest BCUT2D eigenvalue weighted by Gasteiger charge is -2.33. The Bertz CT molecular complexity index is 553. The highest BCUT2D eigenvalue weighted by Crippen LogP contribution is 2.17. The average molecular weight is 362 g/mol. The van der Waals surface area contributed by atoms with Gasteiger partial charge in [-0.25, -0.2) is 9.78 Å². The molecule has 1 saturated heterocycles. The maximum atomic E-state index is 12.3. The van der Waals surface area contributed by atoms with Crippen LogP contribution in [0.4, 0.5) is 10.6 Å². The number of carbonyl (C=O) groups is 1. The standard InChI is InChI=1S/C20H35N5O/c1-16(2)18(25-12-7-5-6-8-13-25)15-23-20(26)22-14-17-10-9-11-21-19(17)24(3)4/h9-11,16,18H,5-8,12-15H2,1-4H3,(H2,22,23,26). The highest BCUT2D eigenvalue weighted by molar-refractivity contribution is 5.74. The average Bonchev–Trinajstić information content (AvgIpc) is 2.89. The summed E-state index contributed by atoms with van der Waals surface area (Å²) in [7, 11) is 3.92. The first kappa shape index (κ1) is 20.5. The van der Waals surface area contributed by atoms with E-state index in [-0.39, 0.29) is 6.03 Å². The van der Waals surface area contributed by atoms with Gasteiger partial charge in [-0.05, 0) is 37.9 Å². The summed E-state index contributed by atoms with van der Waals surface area (Å²) >= 11 is 0. The van der Waals surface area contributed by atoms with Crippen LogP contribution in [0.2, 0.25) is 0 Å². The molecular formula is C20H35N5O. The highest BCUT2D eigenvalue weighted by atomic mass is 16.2. The van der Waals surface area contributed by atoms with Gasteiger partial charge in [-0.3, -0.25) is 4.90 Å². The van der Waals surface area contributed by atoms with Gasteiger partial charge in [0.15, 0.2) is 0 Å². The van der Waals surface area contributed by atoms with Crippen LogP contribution in [-0.2, 0) is 6.54 Å². The van der Waals surface area contributed by atoms with Crippen molar-refractivity contribution in [1.82, 2.24) is 20.5 Å². The molecule has 0 aliphatic carbocycles. The van der Waals surface area contributed by atoms with Gasteiger partial charge in [0.25, 0.3) is 0 Å². The Morgan fingerprint density at radius 3 is 2.50 bits per heavy atom. The summed E-state index contributed by atoms with van der Waals surface area (Å²) in [5, 5.41) is 6.04. The number of aromatic nitrogens is 1. The van der Waals surface area contributed by atoms with E-state index in [0.717, 1.165) is 24.5 Å².